The molecule has 0 fully saturated rings. The zero-order chi connectivity index (χ0) is 13.7. The topological polar surface area (TPSA) is 26.0 Å². The van der Waals surface area contributed by atoms with Crippen LogP contribution in [0.3, 0.4) is 0 Å². The number of aryl methyl sites for hydroxylation is 1. The molecule has 0 amide bonds. The normalized spacial score (nSPS) is 12.4. The number of hydrogen-bond acceptors (Lipinski definition) is 1. The van der Waals surface area contributed by atoms with Gasteiger partial charge in [0.05, 0.1) is 0 Å². The summed E-state index contributed by atoms with van der Waals surface area (Å²) in [5.41, 5.74) is 9.97. The number of rotatable bonds is 5. The summed E-state index contributed by atoms with van der Waals surface area (Å²) in [5.74, 6) is 0.496. The minimum absolute atomic E-state index is 0.496. The van der Waals surface area contributed by atoms with Crippen molar-refractivity contribution < 1.29 is 0 Å². The van der Waals surface area contributed by atoms with Crippen LogP contribution in [0.5, 0.6) is 0 Å². The van der Waals surface area contributed by atoms with Crippen molar-refractivity contribution in [1.29, 1.82) is 0 Å². The maximum atomic E-state index is 5.93. The molecule has 0 saturated carbocycles. The van der Waals surface area contributed by atoms with E-state index in [0.717, 1.165) is 23.9 Å². The Morgan fingerprint density at radius 2 is 1.63 bits per heavy atom. The molecule has 0 saturated heterocycles. The lowest BCUT2D eigenvalue weighted by Gasteiger charge is -2.15. The van der Waals surface area contributed by atoms with Gasteiger partial charge in [-0.1, -0.05) is 57.9 Å². The minimum atomic E-state index is 0.496. The Hall–Kier alpha value is -1.12. The summed E-state index contributed by atoms with van der Waals surface area (Å²) in [6, 6.07) is 17.2. The van der Waals surface area contributed by atoms with Crippen molar-refractivity contribution >= 4 is 15.9 Å². The SMILES string of the molecule is Cc1cccc(CC(CN)Cc2cccc(Br)c2)c1. The van der Waals surface area contributed by atoms with Crippen molar-refractivity contribution in [2.24, 2.45) is 11.7 Å². The molecule has 1 nitrogen and oxygen atoms in total. The molecule has 2 N–H and O–H groups in total. The molecular formula is C17H20BrN. The summed E-state index contributed by atoms with van der Waals surface area (Å²) >= 11 is 3.52. The van der Waals surface area contributed by atoms with Gasteiger partial charge in [-0.05, 0) is 55.5 Å². The quantitative estimate of drug-likeness (QED) is 0.882. The molecule has 0 aliphatic rings. The maximum Gasteiger partial charge on any atom is 0.0177 e. The maximum absolute atomic E-state index is 5.93. The van der Waals surface area contributed by atoms with Crippen LogP contribution in [-0.2, 0) is 12.8 Å². The second-order valence-corrected chi connectivity index (χ2v) is 6.04. The molecule has 0 radical (unpaired) electrons. The zero-order valence-corrected chi connectivity index (χ0v) is 12.9. The van der Waals surface area contributed by atoms with Crippen molar-refractivity contribution in [3.8, 4) is 0 Å². The van der Waals surface area contributed by atoms with Gasteiger partial charge < -0.3 is 5.73 Å². The molecule has 2 rings (SSSR count). The van der Waals surface area contributed by atoms with Crippen LogP contribution in [0.1, 0.15) is 16.7 Å². The van der Waals surface area contributed by atoms with E-state index < -0.39 is 0 Å². The van der Waals surface area contributed by atoms with E-state index in [4.69, 9.17) is 5.73 Å². The van der Waals surface area contributed by atoms with Crippen LogP contribution in [0.4, 0.5) is 0 Å². The van der Waals surface area contributed by atoms with E-state index in [9.17, 15) is 0 Å². The van der Waals surface area contributed by atoms with Crippen molar-refractivity contribution in [2.75, 3.05) is 6.54 Å². The third-order valence-electron chi connectivity index (χ3n) is 3.35. The Morgan fingerprint density at radius 3 is 2.21 bits per heavy atom. The minimum Gasteiger partial charge on any atom is -0.330 e. The Morgan fingerprint density at radius 1 is 1.00 bits per heavy atom. The molecule has 100 valence electrons. The molecule has 19 heavy (non-hydrogen) atoms. The predicted octanol–water partition coefficient (Wildman–Crippen LogP) is 4.12. The van der Waals surface area contributed by atoms with Gasteiger partial charge in [0.15, 0.2) is 0 Å². The summed E-state index contributed by atoms with van der Waals surface area (Å²) in [6.45, 7) is 2.86. The third-order valence-corrected chi connectivity index (χ3v) is 3.85. The van der Waals surface area contributed by atoms with Crippen molar-refractivity contribution in [1.82, 2.24) is 0 Å². The number of benzene rings is 2. The lowest BCUT2D eigenvalue weighted by molar-refractivity contribution is 0.533. The molecule has 0 aliphatic carbocycles. The van der Waals surface area contributed by atoms with E-state index in [1.54, 1.807) is 0 Å². The Bertz CT molecular complexity index is 489. The van der Waals surface area contributed by atoms with Gasteiger partial charge in [-0.25, -0.2) is 0 Å². The Labute approximate surface area is 124 Å². The van der Waals surface area contributed by atoms with Gasteiger partial charge >= 0.3 is 0 Å². The number of halogens is 1. The third kappa shape index (κ3) is 4.48. The van der Waals surface area contributed by atoms with E-state index >= 15 is 0 Å². The predicted molar refractivity (Wildman–Crippen MR) is 85.3 cm³/mol. The smallest absolute Gasteiger partial charge is 0.0177 e. The molecular weight excluding hydrogens is 298 g/mol. The summed E-state index contributed by atoms with van der Waals surface area (Å²) in [7, 11) is 0. The fraction of sp³-hybridized carbons (Fsp3) is 0.294. The second-order valence-electron chi connectivity index (χ2n) is 5.13. The van der Waals surface area contributed by atoms with E-state index in [2.05, 4.69) is 71.4 Å². The summed E-state index contributed by atoms with van der Waals surface area (Å²) < 4.78 is 1.14. The monoisotopic (exact) mass is 317 g/mol. The first-order valence-corrected chi connectivity index (χ1v) is 7.46. The molecule has 2 heteroatoms. The second kappa shape index (κ2) is 6.88. The van der Waals surface area contributed by atoms with Gasteiger partial charge in [-0.3, -0.25) is 0 Å². The summed E-state index contributed by atoms with van der Waals surface area (Å²) in [4.78, 5) is 0. The van der Waals surface area contributed by atoms with Crippen molar-refractivity contribution in [3.05, 3.63) is 69.7 Å². The van der Waals surface area contributed by atoms with E-state index in [1.165, 1.54) is 16.7 Å². The van der Waals surface area contributed by atoms with Gasteiger partial charge in [0.1, 0.15) is 0 Å². The molecule has 1 atom stereocenters. The molecule has 0 aromatic heterocycles. The molecule has 0 spiro atoms. The average molecular weight is 318 g/mol. The highest BCUT2D eigenvalue weighted by atomic mass is 79.9. The van der Waals surface area contributed by atoms with Crippen LogP contribution in [0.15, 0.2) is 53.0 Å². The van der Waals surface area contributed by atoms with Crippen LogP contribution >= 0.6 is 15.9 Å². The van der Waals surface area contributed by atoms with Crippen LogP contribution < -0.4 is 5.73 Å². The van der Waals surface area contributed by atoms with E-state index in [1.807, 2.05) is 0 Å². The fourth-order valence-electron chi connectivity index (χ4n) is 2.41. The first-order valence-electron chi connectivity index (χ1n) is 6.67. The molecule has 2 aromatic rings. The van der Waals surface area contributed by atoms with Gasteiger partial charge in [-0.2, -0.15) is 0 Å². The average Bonchev–Trinajstić information content (AvgIpc) is 2.38. The van der Waals surface area contributed by atoms with E-state index in [0.29, 0.717) is 5.92 Å². The number of nitrogens with two attached hydrogens (primary N) is 1. The Kier molecular flexibility index (Phi) is 5.17. The fourth-order valence-corrected chi connectivity index (χ4v) is 2.86. The van der Waals surface area contributed by atoms with Crippen LogP contribution in [-0.4, -0.2) is 6.54 Å². The molecule has 0 heterocycles. The standard InChI is InChI=1S/C17H20BrN/c1-13-4-2-5-14(8-13)9-16(12-19)10-15-6-3-7-17(18)11-15/h2-8,11,16H,9-10,12,19H2,1H3. The van der Waals surface area contributed by atoms with Crippen LogP contribution in [0.25, 0.3) is 0 Å². The largest absolute Gasteiger partial charge is 0.330 e. The summed E-state index contributed by atoms with van der Waals surface area (Å²) in [5, 5.41) is 0. The number of hydrogen-bond donors (Lipinski definition) is 1. The lowest BCUT2D eigenvalue weighted by Crippen LogP contribution is -2.19. The van der Waals surface area contributed by atoms with Gasteiger partial charge in [0.25, 0.3) is 0 Å². The lowest BCUT2D eigenvalue weighted by atomic mass is 9.92. The highest BCUT2D eigenvalue weighted by molar-refractivity contribution is 9.10. The van der Waals surface area contributed by atoms with Gasteiger partial charge in [0.2, 0.25) is 0 Å². The first kappa shape index (κ1) is 14.3. The highest BCUT2D eigenvalue weighted by Crippen LogP contribution is 2.18. The zero-order valence-electron chi connectivity index (χ0n) is 11.3. The first-order chi connectivity index (χ1) is 9.17. The molecule has 0 aliphatic heterocycles. The van der Waals surface area contributed by atoms with Crippen LogP contribution in [0, 0.1) is 12.8 Å². The van der Waals surface area contributed by atoms with E-state index in [-0.39, 0.29) is 0 Å². The van der Waals surface area contributed by atoms with Crippen molar-refractivity contribution in [2.45, 2.75) is 19.8 Å². The molecule has 1 unspecified atom stereocenters. The van der Waals surface area contributed by atoms with Gasteiger partial charge in [-0.15, -0.1) is 0 Å². The molecule has 2 aromatic carbocycles. The highest BCUT2D eigenvalue weighted by Gasteiger charge is 2.09. The van der Waals surface area contributed by atoms with Crippen LogP contribution in [0.2, 0.25) is 0 Å². The van der Waals surface area contributed by atoms with Crippen molar-refractivity contribution in [3.63, 3.8) is 0 Å². The van der Waals surface area contributed by atoms with Gasteiger partial charge in [0, 0.05) is 4.47 Å². The molecule has 0 bridgehead atoms. The Balaban J connectivity index is 2.04. The summed E-state index contributed by atoms with van der Waals surface area (Å²) in [6.07, 6.45) is 2.08.